The highest BCUT2D eigenvalue weighted by molar-refractivity contribution is 7.89. The van der Waals surface area contributed by atoms with Crippen LogP contribution in [0.4, 0.5) is 4.79 Å². The topological polar surface area (TPSA) is 164 Å². The van der Waals surface area contributed by atoms with Gasteiger partial charge in [0.25, 0.3) is 0 Å². The maximum absolute atomic E-state index is 14.4. The molecule has 0 unspecified atom stereocenters. The van der Waals surface area contributed by atoms with Crippen molar-refractivity contribution in [1.29, 1.82) is 0 Å². The van der Waals surface area contributed by atoms with E-state index in [4.69, 9.17) is 18.9 Å². The zero-order valence-electron chi connectivity index (χ0n) is 28.6. The Morgan fingerprint density at radius 2 is 1.80 bits per heavy atom. The number of carbonyl (C=O) groups excluding carboxylic acids is 1. The Labute approximate surface area is 288 Å². The highest BCUT2D eigenvalue weighted by atomic mass is 32.2. The molecule has 3 N–H and O–H groups in total. The largest absolute Gasteiger partial charge is 0.465 e. The van der Waals surface area contributed by atoms with Gasteiger partial charge in [0.15, 0.2) is 17.8 Å². The van der Waals surface area contributed by atoms with Gasteiger partial charge in [-0.3, -0.25) is 9.69 Å². The average molecular weight is 704 g/mol. The van der Waals surface area contributed by atoms with Crippen LogP contribution in [-0.4, -0.2) is 104 Å². The van der Waals surface area contributed by atoms with E-state index in [0.717, 1.165) is 5.56 Å². The molecule has 3 heterocycles. The molecule has 5 atom stereocenters. The number of aliphatic hydroxyl groups excluding tert-OH is 1. The van der Waals surface area contributed by atoms with Crippen molar-refractivity contribution in [2.45, 2.75) is 82.8 Å². The predicted octanol–water partition coefficient (Wildman–Crippen LogP) is 3.70. The van der Waals surface area contributed by atoms with Crippen molar-refractivity contribution in [1.82, 2.24) is 14.5 Å². The molecule has 3 aliphatic rings. The Morgan fingerprint density at radius 1 is 1.06 bits per heavy atom. The lowest BCUT2D eigenvalue weighted by Crippen LogP contribution is -2.58. The quantitative estimate of drug-likeness (QED) is 0.235. The Balaban J connectivity index is 1.45. The molecule has 0 radical (unpaired) electrons. The number of aliphatic hydroxyl groups is 1. The molecule has 5 rings (SSSR count). The SMILES string of the molecule is CC(C)CC(=O)NCCC(C)(C)CN(C[C@@H](O)[C@H](Cc1ccccc1)N(C(=O)O)[C@H]1CO[C@H]2OCC[C@H]21)S(=O)(=O)c1ccc2c(c1)OCO2. The van der Waals surface area contributed by atoms with Gasteiger partial charge >= 0.3 is 6.09 Å². The van der Waals surface area contributed by atoms with Crippen molar-refractivity contribution in [3.63, 3.8) is 0 Å². The number of benzene rings is 2. The lowest BCUT2D eigenvalue weighted by Gasteiger charge is -2.40. The van der Waals surface area contributed by atoms with Gasteiger partial charge < -0.3 is 34.5 Å². The first kappa shape index (κ1) is 36.8. The summed E-state index contributed by atoms with van der Waals surface area (Å²) >= 11 is 0. The number of rotatable bonds is 16. The number of hydrogen-bond donors (Lipinski definition) is 3. The number of hydrogen-bond acceptors (Lipinski definition) is 9. The van der Waals surface area contributed by atoms with E-state index in [1.165, 1.54) is 27.4 Å². The Hall–Kier alpha value is -3.43. The van der Waals surface area contributed by atoms with Crippen molar-refractivity contribution in [2.24, 2.45) is 17.3 Å². The Kier molecular flexibility index (Phi) is 11.8. The number of fused-ring (bicyclic) bond motifs is 2. The molecule has 0 aromatic heterocycles. The molecule has 2 fully saturated rings. The van der Waals surface area contributed by atoms with Crippen molar-refractivity contribution in [3.05, 3.63) is 54.1 Å². The van der Waals surface area contributed by atoms with Crippen molar-refractivity contribution in [2.75, 3.05) is 39.6 Å². The number of ether oxygens (including phenoxy) is 4. The van der Waals surface area contributed by atoms with E-state index in [1.807, 2.05) is 58.0 Å². The lowest BCUT2D eigenvalue weighted by molar-refractivity contribution is -0.121. The van der Waals surface area contributed by atoms with Crippen LogP contribution < -0.4 is 14.8 Å². The van der Waals surface area contributed by atoms with Crippen LogP contribution in [0.5, 0.6) is 11.5 Å². The molecule has 13 nitrogen and oxygen atoms in total. The van der Waals surface area contributed by atoms with E-state index in [0.29, 0.717) is 43.9 Å². The minimum absolute atomic E-state index is 0.0168. The van der Waals surface area contributed by atoms with Gasteiger partial charge in [-0.05, 0) is 48.3 Å². The summed E-state index contributed by atoms with van der Waals surface area (Å²) in [5.74, 6) is 0.640. The van der Waals surface area contributed by atoms with Crippen molar-refractivity contribution in [3.8, 4) is 11.5 Å². The average Bonchev–Trinajstić information content (AvgIpc) is 3.78. The summed E-state index contributed by atoms with van der Waals surface area (Å²) in [5.41, 5.74) is 0.141. The Bertz CT molecular complexity index is 1550. The van der Waals surface area contributed by atoms with E-state index in [-0.39, 0.29) is 55.5 Å². The van der Waals surface area contributed by atoms with Gasteiger partial charge in [-0.15, -0.1) is 0 Å². The second kappa shape index (κ2) is 15.6. The monoisotopic (exact) mass is 703 g/mol. The third-order valence-electron chi connectivity index (χ3n) is 9.37. The first-order valence-electron chi connectivity index (χ1n) is 16.9. The van der Waals surface area contributed by atoms with Gasteiger partial charge in [-0.1, -0.05) is 58.0 Å². The summed E-state index contributed by atoms with van der Waals surface area (Å²) in [6, 6.07) is 12.0. The molecule has 14 heteroatoms. The van der Waals surface area contributed by atoms with E-state index in [2.05, 4.69) is 5.32 Å². The van der Waals surface area contributed by atoms with Gasteiger partial charge in [0.1, 0.15) is 0 Å². The Morgan fingerprint density at radius 3 is 2.51 bits per heavy atom. The molecule has 0 aliphatic carbocycles. The van der Waals surface area contributed by atoms with Crippen molar-refractivity contribution < 1.29 is 47.2 Å². The molecule has 0 saturated carbocycles. The fraction of sp³-hybridized carbons (Fsp3) is 0.600. The summed E-state index contributed by atoms with van der Waals surface area (Å²) in [5, 5.41) is 25.6. The molecule has 2 saturated heterocycles. The van der Waals surface area contributed by atoms with Gasteiger partial charge in [-0.2, -0.15) is 4.31 Å². The van der Waals surface area contributed by atoms with Crippen LogP contribution in [0, 0.1) is 17.3 Å². The van der Waals surface area contributed by atoms with Crippen LogP contribution in [0.3, 0.4) is 0 Å². The van der Waals surface area contributed by atoms with Crippen LogP contribution in [-0.2, 0) is 30.7 Å². The van der Waals surface area contributed by atoms with E-state index < -0.39 is 46.0 Å². The third-order valence-corrected chi connectivity index (χ3v) is 11.2. The highest BCUT2D eigenvalue weighted by Gasteiger charge is 2.49. The smallest absolute Gasteiger partial charge is 0.407 e. The van der Waals surface area contributed by atoms with Gasteiger partial charge in [0.05, 0.1) is 36.3 Å². The van der Waals surface area contributed by atoms with Crippen LogP contribution in [0.25, 0.3) is 0 Å². The lowest BCUT2D eigenvalue weighted by atomic mass is 9.89. The summed E-state index contributed by atoms with van der Waals surface area (Å²) in [6.07, 6.45) is -1.58. The summed E-state index contributed by atoms with van der Waals surface area (Å²) in [4.78, 5) is 26.5. The number of amides is 2. The van der Waals surface area contributed by atoms with Crippen LogP contribution in [0.15, 0.2) is 53.4 Å². The minimum Gasteiger partial charge on any atom is -0.465 e. The highest BCUT2D eigenvalue weighted by Crippen LogP contribution is 2.38. The summed E-state index contributed by atoms with van der Waals surface area (Å²) < 4.78 is 52.4. The molecule has 0 bridgehead atoms. The first-order valence-corrected chi connectivity index (χ1v) is 18.3. The number of nitrogens with zero attached hydrogens (tertiary/aromatic N) is 2. The second-order valence-corrected chi connectivity index (χ2v) is 16.2. The molecule has 3 aliphatic heterocycles. The molecule has 2 amide bonds. The maximum Gasteiger partial charge on any atom is 0.407 e. The van der Waals surface area contributed by atoms with Gasteiger partial charge in [0.2, 0.25) is 22.7 Å². The van der Waals surface area contributed by atoms with E-state index in [9.17, 15) is 28.2 Å². The minimum atomic E-state index is -4.25. The predicted molar refractivity (Wildman–Crippen MR) is 180 cm³/mol. The van der Waals surface area contributed by atoms with Gasteiger partial charge in [0, 0.05) is 38.0 Å². The molecule has 0 spiro atoms. The van der Waals surface area contributed by atoms with Crippen molar-refractivity contribution >= 4 is 22.0 Å². The molecular formula is C35H49N3O10S. The fourth-order valence-electron chi connectivity index (χ4n) is 6.84. The number of carboxylic acid groups (broad SMARTS) is 1. The van der Waals surface area contributed by atoms with Crippen LogP contribution in [0.1, 0.15) is 52.5 Å². The number of carbonyl (C=O) groups is 2. The molecular weight excluding hydrogens is 654 g/mol. The zero-order valence-corrected chi connectivity index (χ0v) is 29.4. The van der Waals surface area contributed by atoms with Crippen LogP contribution >= 0.6 is 0 Å². The first-order chi connectivity index (χ1) is 23.2. The molecule has 2 aromatic carbocycles. The van der Waals surface area contributed by atoms with Crippen LogP contribution in [0.2, 0.25) is 0 Å². The fourth-order valence-corrected chi connectivity index (χ4v) is 8.50. The number of sulfonamides is 1. The third kappa shape index (κ3) is 9.03. The summed E-state index contributed by atoms with van der Waals surface area (Å²) in [7, 11) is -4.25. The summed E-state index contributed by atoms with van der Waals surface area (Å²) in [6.45, 7) is 8.18. The van der Waals surface area contributed by atoms with E-state index >= 15 is 0 Å². The molecule has 49 heavy (non-hydrogen) atoms. The van der Waals surface area contributed by atoms with E-state index in [1.54, 1.807) is 0 Å². The molecule has 2 aromatic rings. The zero-order chi connectivity index (χ0) is 35.3. The number of nitrogens with one attached hydrogen (secondary N) is 1. The van der Waals surface area contributed by atoms with Gasteiger partial charge in [-0.25, -0.2) is 13.2 Å². The normalized spacial score (nSPS) is 21.5. The second-order valence-electron chi connectivity index (χ2n) is 14.3. The molecule has 270 valence electrons. The standard InChI is InChI=1S/C35H49N3O10S/c1-23(2)16-32(40)36-14-13-35(3,4)21-37(49(43,44)25-10-11-30-31(18-25)48-22-47-30)19-29(39)27(17-24-8-6-5-7-9-24)38(34(41)42)28-20-46-33-26(28)12-15-45-33/h5-11,18,23,26-29,33,39H,12-17,19-22H2,1-4H3,(H,36,40)(H,41,42)/t26-,27-,28-,29+,33+/m0/s1. The maximum atomic E-state index is 14.4.